The van der Waals surface area contributed by atoms with Crippen molar-refractivity contribution in [3.05, 3.63) is 62.3 Å². The first-order valence-corrected chi connectivity index (χ1v) is 9.97. The predicted molar refractivity (Wildman–Crippen MR) is 102 cm³/mol. The molecule has 6 heteroatoms. The molecule has 0 amide bonds. The minimum atomic E-state index is -0.224. The molecule has 0 saturated heterocycles. The van der Waals surface area contributed by atoms with Crippen LogP contribution in [0.3, 0.4) is 0 Å². The summed E-state index contributed by atoms with van der Waals surface area (Å²) in [5.74, 6) is 0.857. The van der Waals surface area contributed by atoms with E-state index in [1.165, 1.54) is 22.6 Å². The van der Waals surface area contributed by atoms with Crippen LogP contribution in [0.25, 0.3) is 10.2 Å². The first kappa shape index (κ1) is 17.4. The maximum absolute atomic E-state index is 13.2. The van der Waals surface area contributed by atoms with Crippen LogP contribution in [0.5, 0.6) is 0 Å². The SMILES string of the molecule is CC(C)[C@H]([NH2+]Cc1nc2sc3c(c2c(=O)[nH]1)CCC3)c1ccc(F)cc1. The summed E-state index contributed by atoms with van der Waals surface area (Å²) in [6.45, 7) is 4.88. The number of fused-ring (bicyclic) bond motifs is 3. The van der Waals surface area contributed by atoms with E-state index in [4.69, 9.17) is 4.98 Å². The third kappa shape index (κ3) is 3.19. The standard InChI is InChI=1S/C20H22FN3OS/c1-11(2)18(12-6-8-13(21)9-7-12)22-10-16-23-19(25)17-14-4-3-5-15(14)26-20(17)24-16/h6-9,11,18,22H,3-5,10H2,1-2H3,(H,23,24,25)/p+1/t18-/m0/s1. The van der Waals surface area contributed by atoms with Crippen LogP contribution in [0.15, 0.2) is 29.1 Å². The first-order valence-electron chi connectivity index (χ1n) is 9.15. The van der Waals surface area contributed by atoms with Crippen LogP contribution in [-0.4, -0.2) is 9.97 Å². The second-order valence-electron chi connectivity index (χ2n) is 7.31. The van der Waals surface area contributed by atoms with Crippen molar-refractivity contribution in [2.75, 3.05) is 0 Å². The molecule has 0 bridgehead atoms. The summed E-state index contributed by atoms with van der Waals surface area (Å²) in [5, 5.41) is 2.97. The van der Waals surface area contributed by atoms with Gasteiger partial charge in [0.2, 0.25) is 0 Å². The molecular formula is C20H23FN3OS+. The van der Waals surface area contributed by atoms with Gasteiger partial charge in [-0.05, 0) is 37.0 Å². The minimum absolute atomic E-state index is 0.0133. The normalized spacial score (nSPS) is 14.9. The van der Waals surface area contributed by atoms with Gasteiger partial charge >= 0.3 is 0 Å². The van der Waals surface area contributed by atoms with Gasteiger partial charge in [-0.1, -0.05) is 26.0 Å². The van der Waals surface area contributed by atoms with Gasteiger partial charge in [0.1, 0.15) is 23.2 Å². The van der Waals surface area contributed by atoms with Gasteiger partial charge in [0, 0.05) is 16.4 Å². The summed E-state index contributed by atoms with van der Waals surface area (Å²) in [6, 6.07) is 6.85. The average molecular weight is 372 g/mol. The Hall–Kier alpha value is -2.05. The molecule has 4 rings (SSSR count). The van der Waals surface area contributed by atoms with Crippen LogP contribution < -0.4 is 10.9 Å². The lowest BCUT2D eigenvalue weighted by molar-refractivity contribution is -0.718. The molecule has 3 N–H and O–H groups in total. The topological polar surface area (TPSA) is 62.4 Å². The quantitative estimate of drug-likeness (QED) is 0.723. The molecule has 0 aliphatic heterocycles. The number of quaternary nitrogens is 1. The van der Waals surface area contributed by atoms with E-state index in [-0.39, 0.29) is 17.4 Å². The Morgan fingerprint density at radius 1 is 1.27 bits per heavy atom. The van der Waals surface area contributed by atoms with E-state index in [0.717, 1.165) is 35.0 Å². The summed E-state index contributed by atoms with van der Waals surface area (Å²) in [5.41, 5.74) is 2.28. The smallest absolute Gasteiger partial charge is 0.260 e. The maximum Gasteiger partial charge on any atom is 0.260 e. The van der Waals surface area contributed by atoms with Crippen LogP contribution >= 0.6 is 11.3 Å². The van der Waals surface area contributed by atoms with Crippen LogP contribution in [0, 0.1) is 11.7 Å². The molecule has 0 fully saturated rings. The molecule has 0 saturated carbocycles. The number of thiophene rings is 1. The monoisotopic (exact) mass is 372 g/mol. The highest BCUT2D eigenvalue weighted by molar-refractivity contribution is 7.18. The van der Waals surface area contributed by atoms with Crippen LogP contribution in [0.4, 0.5) is 4.39 Å². The molecular weight excluding hydrogens is 349 g/mol. The highest BCUT2D eigenvalue weighted by Crippen LogP contribution is 2.34. The van der Waals surface area contributed by atoms with Crippen molar-refractivity contribution in [1.29, 1.82) is 0 Å². The number of aryl methyl sites for hydroxylation is 2. The average Bonchev–Trinajstić information content (AvgIpc) is 3.16. The van der Waals surface area contributed by atoms with Crippen molar-refractivity contribution >= 4 is 21.6 Å². The molecule has 0 unspecified atom stereocenters. The minimum Gasteiger partial charge on any atom is -0.334 e. The third-order valence-corrected chi connectivity index (χ3v) is 6.35. The maximum atomic E-state index is 13.2. The van der Waals surface area contributed by atoms with Gasteiger partial charge in [0.05, 0.1) is 5.39 Å². The van der Waals surface area contributed by atoms with Crippen molar-refractivity contribution in [3.63, 3.8) is 0 Å². The Kier molecular flexibility index (Phi) is 4.63. The predicted octanol–water partition coefficient (Wildman–Crippen LogP) is 3.07. The van der Waals surface area contributed by atoms with Gasteiger partial charge in [-0.3, -0.25) is 4.79 Å². The number of H-pyrrole nitrogens is 1. The number of nitrogens with two attached hydrogens (primary N) is 1. The Morgan fingerprint density at radius 2 is 2.04 bits per heavy atom. The molecule has 2 heterocycles. The Balaban J connectivity index is 1.58. The number of rotatable bonds is 5. The lowest BCUT2D eigenvalue weighted by Crippen LogP contribution is -2.85. The highest BCUT2D eigenvalue weighted by atomic mass is 32.1. The lowest BCUT2D eigenvalue weighted by Gasteiger charge is -2.19. The van der Waals surface area contributed by atoms with Gasteiger partial charge in [-0.2, -0.15) is 0 Å². The molecule has 26 heavy (non-hydrogen) atoms. The number of nitrogens with zero attached hydrogens (tertiary/aromatic N) is 1. The zero-order valence-electron chi connectivity index (χ0n) is 15.0. The highest BCUT2D eigenvalue weighted by Gasteiger charge is 2.23. The Morgan fingerprint density at radius 3 is 2.77 bits per heavy atom. The third-order valence-electron chi connectivity index (χ3n) is 5.16. The van der Waals surface area contributed by atoms with E-state index in [1.807, 2.05) is 12.1 Å². The van der Waals surface area contributed by atoms with Crippen molar-refractivity contribution in [3.8, 4) is 0 Å². The molecule has 3 aromatic rings. The molecule has 4 nitrogen and oxygen atoms in total. The van der Waals surface area contributed by atoms with E-state index < -0.39 is 0 Å². The Bertz CT molecular complexity index is 991. The zero-order valence-corrected chi connectivity index (χ0v) is 15.8. The van der Waals surface area contributed by atoms with E-state index in [2.05, 4.69) is 24.1 Å². The van der Waals surface area contributed by atoms with Gasteiger partial charge in [0.15, 0.2) is 5.82 Å². The molecule has 1 aliphatic carbocycles. The molecule has 0 spiro atoms. The number of aromatic nitrogens is 2. The van der Waals surface area contributed by atoms with Crippen molar-refractivity contribution in [2.24, 2.45) is 5.92 Å². The van der Waals surface area contributed by atoms with Crippen LogP contribution in [0.1, 0.15) is 48.1 Å². The zero-order chi connectivity index (χ0) is 18.3. The first-order chi connectivity index (χ1) is 12.5. The largest absolute Gasteiger partial charge is 0.334 e. The lowest BCUT2D eigenvalue weighted by atomic mass is 9.96. The number of aromatic amines is 1. The van der Waals surface area contributed by atoms with E-state index in [0.29, 0.717) is 18.3 Å². The van der Waals surface area contributed by atoms with Gasteiger partial charge < -0.3 is 10.3 Å². The van der Waals surface area contributed by atoms with Gasteiger partial charge in [-0.25, -0.2) is 9.37 Å². The molecule has 1 aromatic carbocycles. The molecule has 2 aromatic heterocycles. The fourth-order valence-electron chi connectivity index (χ4n) is 3.86. The molecule has 0 radical (unpaired) electrons. The van der Waals surface area contributed by atoms with Crippen molar-refractivity contribution in [2.45, 2.75) is 45.7 Å². The Labute approximate surface area is 155 Å². The second kappa shape index (κ2) is 6.93. The summed E-state index contributed by atoms with van der Waals surface area (Å²) < 4.78 is 13.2. The number of benzene rings is 1. The summed E-state index contributed by atoms with van der Waals surface area (Å²) in [4.78, 5) is 22.4. The van der Waals surface area contributed by atoms with Crippen LogP contribution in [-0.2, 0) is 19.4 Å². The van der Waals surface area contributed by atoms with E-state index in [1.54, 1.807) is 11.3 Å². The van der Waals surface area contributed by atoms with Crippen LogP contribution in [0.2, 0.25) is 0 Å². The van der Waals surface area contributed by atoms with E-state index >= 15 is 0 Å². The number of halogens is 1. The second-order valence-corrected chi connectivity index (χ2v) is 8.39. The van der Waals surface area contributed by atoms with Gasteiger partial charge in [0.25, 0.3) is 5.56 Å². The summed E-state index contributed by atoms with van der Waals surface area (Å²) >= 11 is 1.67. The molecule has 1 atom stereocenters. The van der Waals surface area contributed by atoms with Crippen molar-refractivity contribution < 1.29 is 9.71 Å². The van der Waals surface area contributed by atoms with E-state index in [9.17, 15) is 9.18 Å². The fraction of sp³-hybridized carbons (Fsp3) is 0.400. The number of nitrogens with one attached hydrogen (secondary N) is 1. The summed E-state index contributed by atoms with van der Waals surface area (Å²) in [7, 11) is 0. The summed E-state index contributed by atoms with van der Waals surface area (Å²) in [6.07, 6.45) is 3.20. The van der Waals surface area contributed by atoms with Gasteiger partial charge in [-0.15, -0.1) is 11.3 Å². The van der Waals surface area contributed by atoms with Crippen molar-refractivity contribution in [1.82, 2.24) is 9.97 Å². The molecule has 136 valence electrons. The number of hydrogen-bond donors (Lipinski definition) is 2. The molecule has 1 aliphatic rings. The fourth-order valence-corrected chi connectivity index (χ4v) is 5.14. The number of hydrogen-bond acceptors (Lipinski definition) is 3.